The smallest absolute Gasteiger partial charge is 0.227 e. The van der Waals surface area contributed by atoms with Crippen LogP contribution in [0.5, 0.6) is 0 Å². The van der Waals surface area contributed by atoms with Gasteiger partial charge in [-0.15, -0.1) is 0 Å². The predicted octanol–water partition coefficient (Wildman–Crippen LogP) is -0.247. The second-order valence-corrected chi connectivity index (χ2v) is 2.86. The standard InChI is InChI=1S/C8H15N5O/c1-3-9-5-4-7(14)12-8-10-6-11-13(8)2/h6,9H,3-5H2,1-2H3,(H,10,11,12,14). The van der Waals surface area contributed by atoms with E-state index in [-0.39, 0.29) is 5.91 Å². The van der Waals surface area contributed by atoms with Gasteiger partial charge >= 0.3 is 0 Å². The first-order valence-electron chi connectivity index (χ1n) is 4.58. The Morgan fingerprint density at radius 1 is 1.64 bits per heavy atom. The molecule has 0 saturated carbocycles. The Hall–Kier alpha value is -1.43. The first kappa shape index (κ1) is 10.6. The molecule has 1 aromatic rings. The summed E-state index contributed by atoms with van der Waals surface area (Å²) < 4.78 is 1.52. The summed E-state index contributed by atoms with van der Waals surface area (Å²) in [6.45, 7) is 3.55. The molecular weight excluding hydrogens is 182 g/mol. The van der Waals surface area contributed by atoms with Crippen LogP contribution in [0.3, 0.4) is 0 Å². The average Bonchev–Trinajstić information content (AvgIpc) is 2.52. The van der Waals surface area contributed by atoms with Gasteiger partial charge in [0.25, 0.3) is 0 Å². The van der Waals surface area contributed by atoms with E-state index < -0.39 is 0 Å². The SMILES string of the molecule is CCNCCC(=O)Nc1ncnn1C. The van der Waals surface area contributed by atoms with Crippen LogP contribution < -0.4 is 10.6 Å². The fraction of sp³-hybridized carbons (Fsp3) is 0.625. The molecule has 2 N–H and O–H groups in total. The lowest BCUT2D eigenvalue weighted by atomic mass is 10.4. The lowest BCUT2D eigenvalue weighted by Gasteiger charge is -2.03. The van der Waals surface area contributed by atoms with Crippen LogP contribution in [0, 0.1) is 0 Å². The number of hydrogen-bond donors (Lipinski definition) is 2. The molecule has 1 amide bonds. The molecule has 0 radical (unpaired) electrons. The molecule has 0 aliphatic carbocycles. The zero-order valence-electron chi connectivity index (χ0n) is 8.45. The molecule has 0 fully saturated rings. The Morgan fingerprint density at radius 2 is 2.43 bits per heavy atom. The number of carbonyl (C=O) groups is 1. The molecule has 1 aromatic heterocycles. The molecule has 0 spiro atoms. The highest BCUT2D eigenvalue weighted by Crippen LogP contribution is 1.97. The Morgan fingerprint density at radius 3 is 3.00 bits per heavy atom. The van der Waals surface area contributed by atoms with Gasteiger partial charge in [0, 0.05) is 20.0 Å². The van der Waals surface area contributed by atoms with Crippen molar-refractivity contribution in [1.29, 1.82) is 0 Å². The van der Waals surface area contributed by atoms with Gasteiger partial charge in [-0.05, 0) is 6.54 Å². The molecule has 78 valence electrons. The summed E-state index contributed by atoms with van der Waals surface area (Å²) in [4.78, 5) is 15.2. The van der Waals surface area contributed by atoms with Crippen molar-refractivity contribution in [1.82, 2.24) is 20.1 Å². The molecular formula is C8H15N5O. The molecule has 1 rings (SSSR count). The number of aromatic nitrogens is 3. The highest BCUT2D eigenvalue weighted by Gasteiger charge is 2.05. The van der Waals surface area contributed by atoms with E-state index in [0.717, 1.165) is 6.54 Å². The minimum Gasteiger partial charge on any atom is -0.316 e. The molecule has 0 atom stereocenters. The Kier molecular flexibility index (Phi) is 4.06. The maximum Gasteiger partial charge on any atom is 0.227 e. The number of nitrogens with zero attached hydrogens (tertiary/aromatic N) is 3. The summed E-state index contributed by atoms with van der Waals surface area (Å²) in [5.41, 5.74) is 0. The van der Waals surface area contributed by atoms with E-state index in [1.165, 1.54) is 11.0 Å². The van der Waals surface area contributed by atoms with Gasteiger partial charge in [-0.2, -0.15) is 10.1 Å². The van der Waals surface area contributed by atoms with Crippen molar-refractivity contribution < 1.29 is 4.79 Å². The van der Waals surface area contributed by atoms with Gasteiger partial charge in [0.05, 0.1) is 0 Å². The quantitative estimate of drug-likeness (QED) is 0.639. The van der Waals surface area contributed by atoms with Crippen molar-refractivity contribution in [3.05, 3.63) is 6.33 Å². The minimum atomic E-state index is -0.0537. The Labute approximate surface area is 82.7 Å². The van der Waals surface area contributed by atoms with Crippen molar-refractivity contribution >= 4 is 11.9 Å². The van der Waals surface area contributed by atoms with Crippen molar-refractivity contribution in [2.45, 2.75) is 13.3 Å². The summed E-state index contributed by atoms with van der Waals surface area (Å²) in [6, 6.07) is 0. The average molecular weight is 197 g/mol. The molecule has 14 heavy (non-hydrogen) atoms. The van der Waals surface area contributed by atoms with Crippen LogP contribution in [-0.4, -0.2) is 33.8 Å². The van der Waals surface area contributed by atoms with Crippen LogP contribution >= 0.6 is 0 Å². The van der Waals surface area contributed by atoms with Gasteiger partial charge in [0.1, 0.15) is 6.33 Å². The molecule has 0 saturated heterocycles. The maximum atomic E-state index is 11.3. The molecule has 6 nitrogen and oxygen atoms in total. The topological polar surface area (TPSA) is 71.8 Å². The van der Waals surface area contributed by atoms with Crippen molar-refractivity contribution in [2.75, 3.05) is 18.4 Å². The fourth-order valence-corrected chi connectivity index (χ4v) is 0.975. The van der Waals surface area contributed by atoms with Crippen LogP contribution in [0.25, 0.3) is 0 Å². The van der Waals surface area contributed by atoms with Crippen molar-refractivity contribution in [2.24, 2.45) is 7.05 Å². The van der Waals surface area contributed by atoms with E-state index >= 15 is 0 Å². The first-order chi connectivity index (χ1) is 6.74. The number of rotatable bonds is 5. The molecule has 6 heteroatoms. The van der Waals surface area contributed by atoms with Crippen LogP contribution in [0.1, 0.15) is 13.3 Å². The van der Waals surface area contributed by atoms with Gasteiger partial charge in [-0.1, -0.05) is 6.92 Å². The van der Waals surface area contributed by atoms with Gasteiger partial charge < -0.3 is 5.32 Å². The van der Waals surface area contributed by atoms with E-state index in [1.807, 2.05) is 6.92 Å². The highest BCUT2D eigenvalue weighted by molar-refractivity contribution is 5.89. The third-order valence-corrected chi connectivity index (χ3v) is 1.74. The van der Waals surface area contributed by atoms with Gasteiger partial charge in [-0.25, -0.2) is 4.68 Å². The van der Waals surface area contributed by atoms with E-state index in [2.05, 4.69) is 20.7 Å². The number of anilines is 1. The molecule has 0 aliphatic heterocycles. The molecule has 0 aliphatic rings. The Bertz CT molecular complexity index is 296. The van der Waals surface area contributed by atoms with Crippen molar-refractivity contribution in [3.8, 4) is 0 Å². The lowest BCUT2D eigenvalue weighted by Crippen LogP contribution is -2.22. The summed E-state index contributed by atoms with van der Waals surface area (Å²) in [5, 5.41) is 9.57. The number of hydrogen-bond acceptors (Lipinski definition) is 4. The second-order valence-electron chi connectivity index (χ2n) is 2.86. The number of amides is 1. The van der Waals surface area contributed by atoms with E-state index in [9.17, 15) is 4.79 Å². The molecule has 0 bridgehead atoms. The van der Waals surface area contributed by atoms with Gasteiger partial charge in [0.2, 0.25) is 11.9 Å². The van der Waals surface area contributed by atoms with Crippen LogP contribution in [0.2, 0.25) is 0 Å². The van der Waals surface area contributed by atoms with Crippen molar-refractivity contribution in [3.63, 3.8) is 0 Å². The summed E-state index contributed by atoms with van der Waals surface area (Å²) >= 11 is 0. The molecule has 1 heterocycles. The van der Waals surface area contributed by atoms with Crippen LogP contribution in [-0.2, 0) is 11.8 Å². The van der Waals surface area contributed by atoms with Crippen LogP contribution in [0.4, 0.5) is 5.95 Å². The van der Waals surface area contributed by atoms with E-state index in [4.69, 9.17) is 0 Å². The highest BCUT2D eigenvalue weighted by atomic mass is 16.1. The molecule has 0 unspecified atom stereocenters. The summed E-state index contributed by atoms with van der Waals surface area (Å²) in [5.74, 6) is 0.425. The third-order valence-electron chi connectivity index (χ3n) is 1.74. The number of aryl methyl sites for hydroxylation is 1. The largest absolute Gasteiger partial charge is 0.316 e. The zero-order valence-corrected chi connectivity index (χ0v) is 8.45. The van der Waals surface area contributed by atoms with Gasteiger partial charge in [0.15, 0.2) is 0 Å². The second kappa shape index (κ2) is 5.33. The maximum absolute atomic E-state index is 11.3. The first-order valence-corrected chi connectivity index (χ1v) is 4.58. The lowest BCUT2D eigenvalue weighted by molar-refractivity contribution is -0.116. The predicted molar refractivity (Wildman–Crippen MR) is 52.8 cm³/mol. The monoisotopic (exact) mass is 197 g/mol. The third kappa shape index (κ3) is 3.14. The number of carbonyl (C=O) groups excluding carboxylic acids is 1. The molecule has 0 aromatic carbocycles. The summed E-state index contributed by atoms with van der Waals surface area (Å²) in [7, 11) is 1.73. The van der Waals surface area contributed by atoms with E-state index in [0.29, 0.717) is 18.9 Å². The van der Waals surface area contributed by atoms with Crippen LogP contribution in [0.15, 0.2) is 6.33 Å². The minimum absolute atomic E-state index is 0.0537. The fourth-order valence-electron chi connectivity index (χ4n) is 0.975. The van der Waals surface area contributed by atoms with E-state index in [1.54, 1.807) is 7.05 Å². The number of nitrogens with one attached hydrogen (secondary N) is 2. The normalized spacial score (nSPS) is 10.1. The Balaban J connectivity index is 2.31. The zero-order chi connectivity index (χ0) is 10.4. The summed E-state index contributed by atoms with van der Waals surface area (Å²) in [6.07, 6.45) is 1.85. The van der Waals surface area contributed by atoms with Gasteiger partial charge in [-0.3, -0.25) is 10.1 Å².